The lowest BCUT2D eigenvalue weighted by Crippen LogP contribution is -2.24. The van der Waals surface area contributed by atoms with Gasteiger partial charge in [0.05, 0.1) is 16.6 Å². The molecule has 0 radical (unpaired) electrons. The van der Waals surface area contributed by atoms with Gasteiger partial charge < -0.3 is 14.6 Å². The van der Waals surface area contributed by atoms with Crippen molar-refractivity contribution < 1.29 is 14.7 Å². The number of likely N-dealkylation sites (N-methyl/N-ethyl adjacent to an activating group) is 1. The molecule has 20 heavy (non-hydrogen) atoms. The summed E-state index contributed by atoms with van der Waals surface area (Å²) in [5.41, 5.74) is 1.63. The first kappa shape index (κ1) is 12.7. The second-order valence-electron chi connectivity index (χ2n) is 5.10. The summed E-state index contributed by atoms with van der Waals surface area (Å²) in [4.78, 5) is 29.2. The lowest BCUT2D eigenvalue weighted by atomic mass is 10.2. The zero-order valence-electron chi connectivity index (χ0n) is 11.3. The fraction of sp³-hybridized carbons (Fsp3) is 0.357. The lowest BCUT2D eigenvalue weighted by Gasteiger charge is -2.14. The number of benzene rings is 1. The van der Waals surface area contributed by atoms with Crippen LogP contribution in [0.1, 0.15) is 28.6 Å². The highest BCUT2D eigenvalue weighted by atomic mass is 16.4. The minimum Gasteiger partial charge on any atom is -0.478 e. The number of aryl methyl sites for hydroxylation is 1. The largest absolute Gasteiger partial charge is 0.478 e. The van der Waals surface area contributed by atoms with Gasteiger partial charge in [0.15, 0.2) is 0 Å². The molecule has 1 N–H and O–H groups in total. The van der Waals surface area contributed by atoms with Crippen LogP contribution in [-0.2, 0) is 4.79 Å². The first-order valence-corrected chi connectivity index (χ1v) is 6.46. The molecule has 0 spiro atoms. The topological polar surface area (TPSA) is 75.4 Å². The Balaban J connectivity index is 2.14. The van der Waals surface area contributed by atoms with Crippen LogP contribution in [0.15, 0.2) is 18.2 Å². The van der Waals surface area contributed by atoms with E-state index < -0.39 is 5.97 Å². The Labute approximate surface area is 115 Å². The van der Waals surface area contributed by atoms with Gasteiger partial charge in [-0.25, -0.2) is 9.78 Å². The molecule has 6 heteroatoms. The number of aromatic nitrogens is 2. The number of hydrogen-bond acceptors (Lipinski definition) is 3. The Bertz CT molecular complexity index is 720. The van der Waals surface area contributed by atoms with Crippen LogP contribution in [0.3, 0.4) is 0 Å². The van der Waals surface area contributed by atoms with Crippen molar-refractivity contribution in [2.45, 2.75) is 19.4 Å². The molecule has 0 bridgehead atoms. The van der Waals surface area contributed by atoms with Gasteiger partial charge in [-0.3, -0.25) is 4.79 Å². The van der Waals surface area contributed by atoms with Gasteiger partial charge in [0.25, 0.3) is 0 Å². The van der Waals surface area contributed by atoms with E-state index in [-0.39, 0.29) is 17.5 Å². The third kappa shape index (κ3) is 1.76. The van der Waals surface area contributed by atoms with Gasteiger partial charge in [0.1, 0.15) is 11.9 Å². The summed E-state index contributed by atoms with van der Waals surface area (Å²) in [6.45, 7) is 2.57. The number of carbonyl (C=O) groups excluding carboxylic acids is 1. The number of aromatic carboxylic acids is 1. The fourth-order valence-corrected chi connectivity index (χ4v) is 2.79. The second kappa shape index (κ2) is 4.33. The van der Waals surface area contributed by atoms with Crippen molar-refractivity contribution >= 4 is 22.9 Å². The number of fused-ring (bicyclic) bond motifs is 1. The van der Waals surface area contributed by atoms with Crippen molar-refractivity contribution in [3.8, 4) is 0 Å². The van der Waals surface area contributed by atoms with Crippen molar-refractivity contribution in [2.24, 2.45) is 0 Å². The molecular weight excluding hydrogens is 258 g/mol. The van der Waals surface area contributed by atoms with Crippen molar-refractivity contribution in [1.29, 1.82) is 0 Å². The first-order chi connectivity index (χ1) is 9.49. The predicted octanol–water partition coefficient (Wildman–Crippen LogP) is 1.45. The summed E-state index contributed by atoms with van der Waals surface area (Å²) in [7, 11) is 1.79. The first-order valence-electron chi connectivity index (χ1n) is 6.46. The SMILES string of the molecule is Cc1nc2cc(C(=O)O)ccc2n1C1CCN(C)C1=O. The molecule has 1 aliphatic rings. The van der Waals surface area contributed by atoms with E-state index >= 15 is 0 Å². The molecule has 1 aromatic heterocycles. The molecule has 1 fully saturated rings. The number of likely N-dealkylation sites (tertiary alicyclic amines) is 1. The van der Waals surface area contributed by atoms with Gasteiger partial charge in [0, 0.05) is 13.6 Å². The average molecular weight is 273 g/mol. The number of carboxylic acids is 1. The van der Waals surface area contributed by atoms with Crippen LogP contribution >= 0.6 is 0 Å². The van der Waals surface area contributed by atoms with E-state index in [0.29, 0.717) is 5.52 Å². The van der Waals surface area contributed by atoms with Gasteiger partial charge >= 0.3 is 5.97 Å². The Kier molecular flexibility index (Phi) is 2.74. The number of nitrogens with zero attached hydrogens (tertiary/aromatic N) is 3. The standard InChI is InChI=1S/C14H15N3O3/c1-8-15-10-7-9(14(19)20)3-4-11(10)17(8)12-5-6-16(2)13(12)18/h3-4,7,12H,5-6H2,1-2H3,(H,19,20). The molecule has 1 aliphatic heterocycles. The van der Waals surface area contributed by atoms with Crippen molar-refractivity contribution in [2.75, 3.05) is 13.6 Å². The van der Waals surface area contributed by atoms with Crippen LogP contribution in [0, 0.1) is 6.92 Å². The zero-order chi connectivity index (χ0) is 14.4. The number of carboxylic acid groups (broad SMARTS) is 1. The van der Waals surface area contributed by atoms with Crippen LogP contribution in [-0.4, -0.2) is 45.0 Å². The van der Waals surface area contributed by atoms with E-state index in [9.17, 15) is 9.59 Å². The normalized spacial score (nSPS) is 19.0. The third-order valence-electron chi connectivity index (χ3n) is 3.82. The molecule has 1 saturated heterocycles. The smallest absolute Gasteiger partial charge is 0.335 e. The van der Waals surface area contributed by atoms with Crippen molar-refractivity contribution in [3.63, 3.8) is 0 Å². The van der Waals surface area contributed by atoms with Gasteiger partial charge in [0.2, 0.25) is 5.91 Å². The van der Waals surface area contributed by atoms with E-state index in [1.807, 2.05) is 11.5 Å². The molecule has 1 atom stereocenters. The van der Waals surface area contributed by atoms with Crippen LogP contribution < -0.4 is 0 Å². The van der Waals surface area contributed by atoms with Crippen LogP contribution in [0.25, 0.3) is 11.0 Å². The lowest BCUT2D eigenvalue weighted by molar-refractivity contribution is -0.129. The minimum atomic E-state index is -0.976. The maximum Gasteiger partial charge on any atom is 0.335 e. The Morgan fingerprint density at radius 3 is 2.80 bits per heavy atom. The van der Waals surface area contributed by atoms with Crippen molar-refractivity contribution in [3.05, 3.63) is 29.6 Å². The highest BCUT2D eigenvalue weighted by Crippen LogP contribution is 2.28. The summed E-state index contributed by atoms with van der Waals surface area (Å²) in [5, 5.41) is 9.01. The van der Waals surface area contributed by atoms with Gasteiger partial charge in [-0.1, -0.05) is 0 Å². The molecule has 0 saturated carbocycles. The molecule has 3 rings (SSSR count). The van der Waals surface area contributed by atoms with Crippen LogP contribution in [0.4, 0.5) is 0 Å². The van der Waals surface area contributed by atoms with E-state index in [4.69, 9.17) is 5.11 Å². The Morgan fingerprint density at radius 2 is 2.20 bits per heavy atom. The molecule has 104 valence electrons. The third-order valence-corrected chi connectivity index (χ3v) is 3.82. The summed E-state index contributed by atoms with van der Waals surface area (Å²) < 4.78 is 1.91. The average Bonchev–Trinajstić information content (AvgIpc) is 2.89. The van der Waals surface area contributed by atoms with E-state index in [1.54, 1.807) is 30.1 Å². The number of hydrogen-bond donors (Lipinski definition) is 1. The van der Waals surface area contributed by atoms with Crippen LogP contribution in [0.5, 0.6) is 0 Å². The van der Waals surface area contributed by atoms with Gasteiger partial charge in [-0.2, -0.15) is 0 Å². The summed E-state index contributed by atoms with van der Waals surface area (Å²) in [6.07, 6.45) is 0.752. The number of amides is 1. The quantitative estimate of drug-likeness (QED) is 0.898. The van der Waals surface area contributed by atoms with Crippen LogP contribution in [0.2, 0.25) is 0 Å². The second-order valence-corrected chi connectivity index (χ2v) is 5.10. The molecule has 6 nitrogen and oxygen atoms in total. The molecular formula is C14H15N3O3. The zero-order valence-corrected chi connectivity index (χ0v) is 11.3. The van der Waals surface area contributed by atoms with Crippen molar-refractivity contribution in [1.82, 2.24) is 14.5 Å². The molecule has 2 aromatic rings. The molecule has 0 aliphatic carbocycles. The molecule has 2 heterocycles. The Hall–Kier alpha value is -2.37. The Morgan fingerprint density at radius 1 is 1.45 bits per heavy atom. The number of rotatable bonds is 2. The summed E-state index contributed by atoms with van der Waals surface area (Å²) >= 11 is 0. The minimum absolute atomic E-state index is 0.0784. The monoisotopic (exact) mass is 273 g/mol. The maximum absolute atomic E-state index is 12.2. The number of carbonyl (C=O) groups is 2. The summed E-state index contributed by atoms with van der Waals surface area (Å²) in [5.74, 6) is -0.165. The van der Waals surface area contributed by atoms with E-state index in [2.05, 4.69) is 4.98 Å². The van der Waals surface area contributed by atoms with E-state index in [0.717, 1.165) is 24.3 Å². The summed E-state index contributed by atoms with van der Waals surface area (Å²) in [6, 6.07) is 4.58. The van der Waals surface area contributed by atoms with Gasteiger partial charge in [-0.15, -0.1) is 0 Å². The highest BCUT2D eigenvalue weighted by Gasteiger charge is 2.32. The molecule has 1 unspecified atom stereocenters. The molecule has 1 amide bonds. The van der Waals surface area contributed by atoms with Gasteiger partial charge in [-0.05, 0) is 31.5 Å². The predicted molar refractivity (Wildman–Crippen MR) is 72.7 cm³/mol. The molecule has 1 aromatic carbocycles. The van der Waals surface area contributed by atoms with E-state index in [1.165, 1.54) is 0 Å². The maximum atomic E-state index is 12.2. The highest BCUT2D eigenvalue weighted by molar-refractivity contribution is 5.93. The fourth-order valence-electron chi connectivity index (χ4n) is 2.79. The number of imidazole rings is 1.